The fourth-order valence-corrected chi connectivity index (χ4v) is 1.21. The van der Waals surface area contributed by atoms with Gasteiger partial charge in [0.15, 0.2) is 5.78 Å². The summed E-state index contributed by atoms with van der Waals surface area (Å²) in [6, 6.07) is 4.60. The molecule has 5 nitrogen and oxygen atoms in total. The highest BCUT2D eigenvalue weighted by Gasteiger charge is 2.10. The average molecular weight is 223 g/mol. The molecule has 86 valence electrons. The largest absolute Gasteiger partial charge is 0.466 e. The number of pyridine rings is 1. The van der Waals surface area contributed by atoms with E-state index in [0.29, 0.717) is 0 Å². The van der Waals surface area contributed by atoms with Crippen LogP contribution in [0.2, 0.25) is 0 Å². The van der Waals surface area contributed by atoms with E-state index in [4.69, 9.17) is 0 Å². The van der Waals surface area contributed by atoms with Crippen LogP contribution in [0.15, 0.2) is 29.2 Å². The maximum Gasteiger partial charge on any atom is 0.313 e. The van der Waals surface area contributed by atoms with E-state index in [-0.39, 0.29) is 30.9 Å². The Hall–Kier alpha value is -1.91. The summed E-state index contributed by atoms with van der Waals surface area (Å²) >= 11 is 0. The first-order chi connectivity index (χ1) is 7.63. The lowest BCUT2D eigenvalue weighted by Gasteiger charge is -2.03. The number of aromatic nitrogens is 1. The highest BCUT2D eigenvalue weighted by Crippen LogP contribution is 1.92. The number of nitrogens with zero attached hydrogens (tertiary/aromatic N) is 1. The molecular weight excluding hydrogens is 210 g/mol. The van der Waals surface area contributed by atoms with E-state index in [1.807, 2.05) is 0 Å². The van der Waals surface area contributed by atoms with E-state index < -0.39 is 5.97 Å². The summed E-state index contributed by atoms with van der Waals surface area (Å²) in [6.45, 7) is 1.82. The van der Waals surface area contributed by atoms with Crippen LogP contribution in [0.5, 0.6) is 0 Å². The Morgan fingerprint density at radius 1 is 1.38 bits per heavy atom. The first-order valence-electron chi connectivity index (χ1n) is 4.96. The zero-order valence-corrected chi connectivity index (χ0v) is 9.01. The second-order valence-corrected chi connectivity index (χ2v) is 3.19. The summed E-state index contributed by atoms with van der Waals surface area (Å²) in [5.74, 6) is -0.900. The van der Waals surface area contributed by atoms with E-state index >= 15 is 0 Å². The third-order valence-corrected chi connectivity index (χ3v) is 1.89. The molecule has 0 spiro atoms. The lowest BCUT2D eigenvalue weighted by Crippen LogP contribution is -2.24. The van der Waals surface area contributed by atoms with Gasteiger partial charge in [-0.25, -0.2) is 0 Å². The second kappa shape index (κ2) is 5.85. The molecule has 0 unspecified atom stereocenters. The van der Waals surface area contributed by atoms with Gasteiger partial charge in [0.25, 0.3) is 5.56 Å². The van der Waals surface area contributed by atoms with Crippen LogP contribution in [0, 0.1) is 0 Å². The summed E-state index contributed by atoms with van der Waals surface area (Å²) in [6.07, 6.45) is 1.21. The Balaban J connectivity index is 2.56. The highest BCUT2D eigenvalue weighted by molar-refractivity contribution is 5.95. The molecule has 1 heterocycles. The van der Waals surface area contributed by atoms with Gasteiger partial charge in [-0.05, 0) is 13.0 Å². The first kappa shape index (κ1) is 12.2. The molecule has 0 aromatic carbocycles. The van der Waals surface area contributed by atoms with Gasteiger partial charge in [0.05, 0.1) is 13.2 Å². The van der Waals surface area contributed by atoms with Crippen LogP contribution in [0.25, 0.3) is 0 Å². The lowest BCUT2D eigenvalue weighted by atomic mass is 10.3. The normalized spacial score (nSPS) is 9.81. The SMILES string of the molecule is CCOC(=O)CC(=O)Cn1ccccc1=O. The van der Waals surface area contributed by atoms with Crippen LogP contribution in [0.3, 0.4) is 0 Å². The minimum absolute atomic E-state index is 0.0987. The summed E-state index contributed by atoms with van der Waals surface area (Å²) in [4.78, 5) is 33.6. The van der Waals surface area contributed by atoms with Gasteiger partial charge in [0, 0.05) is 12.3 Å². The van der Waals surface area contributed by atoms with Crippen LogP contribution >= 0.6 is 0 Å². The van der Waals surface area contributed by atoms with Crippen molar-refractivity contribution in [3.05, 3.63) is 34.7 Å². The second-order valence-electron chi connectivity index (χ2n) is 3.19. The number of hydrogen-bond acceptors (Lipinski definition) is 4. The quantitative estimate of drug-likeness (QED) is 0.534. The van der Waals surface area contributed by atoms with Crippen molar-refractivity contribution in [2.24, 2.45) is 0 Å². The Labute approximate surface area is 92.6 Å². The van der Waals surface area contributed by atoms with E-state index in [0.717, 1.165) is 0 Å². The minimum atomic E-state index is -0.559. The molecule has 5 heteroatoms. The van der Waals surface area contributed by atoms with Crippen molar-refractivity contribution in [1.82, 2.24) is 4.57 Å². The highest BCUT2D eigenvalue weighted by atomic mass is 16.5. The third kappa shape index (κ3) is 3.68. The number of hydrogen-bond donors (Lipinski definition) is 0. The number of ketones is 1. The molecule has 0 fully saturated rings. The summed E-state index contributed by atoms with van der Waals surface area (Å²) in [7, 11) is 0. The molecular formula is C11H13NO4. The van der Waals surface area contributed by atoms with Crippen LogP contribution in [-0.4, -0.2) is 22.9 Å². The number of esters is 1. The topological polar surface area (TPSA) is 65.4 Å². The Bertz CT molecular complexity index is 436. The van der Waals surface area contributed by atoms with Crippen molar-refractivity contribution < 1.29 is 14.3 Å². The zero-order valence-electron chi connectivity index (χ0n) is 9.01. The summed E-state index contributed by atoms with van der Waals surface area (Å²) < 4.78 is 5.88. The first-order valence-corrected chi connectivity index (χ1v) is 4.96. The van der Waals surface area contributed by atoms with Gasteiger partial charge in [0.1, 0.15) is 6.42 Å². The van der Waals surface area contributed by atoms with Crippen molar-refractivity contribution in [2.75, 3.05) is 6.61 Å². The van der Waals surface area contributed by atoms with Crippen molar-refractivity contribution in [2.45, 2.75) is 19.9 Å². The molecule has 0 saturated heterocycles. The minimum Gasteiger partial charge on any atom is -0.466 e. The fourth-order valence-electron chi connectivity index (χ4n) is 1.21. The van der Waals surface area contributed by atoms with Gasteiger partial charge in [-0.15, -0.1) is 0 Å². The van der Waals surface area contributed by atoms with Crippen molar-refractivity contribution >= 4 is 11.8 Å². The predicted octanol–water partition coefficient (Wildman–Crippen LogP) is 0.371. The number of ether oxygens (including phenoxy) is 1. The molecule has 1 aromatic heterocycles. The third-order valence-electron chi connectivity index (χ3n) is 1.89. The summed E-state index contributed by atoms with van der Waals surface area (Å²) in [5.41, 5.74) is -0.264. The van der Waals surface area contributed by atoms with Crippen molar-refractivity contribution in [1.29, 1.82) is 0 Å². The molecule has 1 rings (SSSR count). The van der Waals surface area contributed by atoms with Crippen LogP contribution in [0.4, 0.5) is 0 Å². The monoisotopic (exact) mass is 223 g/mol. The molecule has 1 aromatic rings. The van der Waals surface area contributed by atoms with Crippen molar-refractivity contribution in [3.8, 4) is 0 Å². The fraction of sp³-hybridized carbons (Fsp3) is 0.364. The molecule has 0 atom stereocenters. The van der Waals surface area contributed by atoms with Crippen LogP contribution in [0.1, 0.15) is 13.3 Å². The van der Waals surface area contributed by atoms with Crippen molar-refractivity contribution in [3.63, 3.8) is 0 Å². The maximum absolute atomic E-state index is 11.4. The number of carbonyl (C=O) groups is 2. The molecule has 0 bridgehead atoms. The molecule has 0 aliphatic carbocycles. The molecule has 0 aliphatic rings. The van der Waals surface area contributed by atoms with E-state index in [1.54, 1.807) is 19.1 Å². The Morgan fingerprint density at radius 3 is 2.75 bits per heavy atom. The molecule has 0 radical (unpaired) electrons. The van der Waals surface area contributed by atoms with Gasteiger partial charge >= 0.3 is 5.97 Å². The van der Waals surface area contributed by atoms with Gasteiger partial charge in [0.2, 0.25) is 0 Å². The van der Waals surface area contributed by atoms with Gasteiger partial charge in [-0.1, -0.05) is 6.07 Å². The van der Waals surface area contributed by atoms with Gasteiger partial charge in [-0.2, -0.15) is 0 Å². The molecule has 0 aliphatic heterocycles. The Morgan fingerprint density at radius 2 is 2.12 bits per heavy atom. The number of rotatable bonds is 5. The van der Waals surface area contributed by atoms with Gasteiger partial charge in [-0.3, -0.25) is 14.4 Å². The number of carbonyl (C=O) groups excluding carboxylic acids is 2. The standard InChI is InChI=1S/C11H13NO4/c1-2-16-11(15)7-9(13)8-12-6-4-3-5-10(12)14/h3-6H,2,7-8H2,1H3. The maximum atomic E-state index is 11.4. The molecule has 0 amide bonds. The smallest absolute Gasteiger partial charge is 0.313 e. The lowest BCUT2D eigenvalue weighted by molar-refractivity contribution is -0.145. The van der Waals surface area contributed by atoms with E-state index in [1.165, 1.54) is 16.8 Å². The Kier molecular flexibility index (Phi) is 4.44. The molecule has 0 N–H and O–H groups in total. The molecule has 16 heavy (non-hydrogen) atoms. The van der Waals surface area contributed by atoms with E-state index in [2.05, 4.69) is 4.74 Å². The summed E-state index contributed by atoms with van der Waals surface area (Å²) in [5, 5.41) is 0. The van der Waals surface area contributed by atoms with Crippen LogP contribution < -0.4 is 5.56 Å². The van der Waals surface area contributed by atoms with E-state index in [9.17, 15) is 14.4 Å². The molecule has 0 saturated carbocycles. The van der Waals surface area contributed by atoms with Gasteiger partial charge < -0.3 is 9.30 Å². The number of Topliss-reactive ketones (excluding diaryl/α,β-unsaturated/α-hetero) is 1. The van der Waals surface area contributed by atoms with Crippen LogP contribution in [-0.2, 0) is 20.9 Å². The predicted molar refractivity (Wildman–Crippen MR) is 57.0 cm³/mol. The average Bonchev–Trinajstić information content (AvgIpc) is 2.21. The zero-order chi connectivity index (χ0) is 12.0.